The van der Waals surface area contributed by atoms with E-state index in [4.69, 9.17) is 13.9 Å². The molecule has 2 aromatic carbocycles. The van der Waals surface area contributed by atoms with Gasteiger partial charge >= 0.3 is 5.88 Å². The van der Waals surface area contributed by atoms with Gasteiger partial charge in [0.05, 0.1) is 14.2 Å². The van der Waals surface area contributed by atoms with Gasteiger partial charge in [0.1, 0.15) is 10.5 Å². The highest BCUT2D eigenvalue weighted by Gasteiger charge is 2.28. The summed E-state index contributed by atoms with van der Waals surface area (Å²) in [5.74, 6) is 0.483. The van der Waals surface area contributed by atoms with E-state index in [1.54, 1.807) is 24.3 Å². The van der Waals surface area contributed by atoms with E-state index in [1.807, 2.05) is 18.2 Å². The Bertz CT molecular complexity index is 839. The summed E-state index contributed by atoms with van der Waals surface area (Å²) in [6.45, 7) is 0. The van der Waals surface area contributed by atoms with Crippen LogP contribution >= 0.6 is 0 Å². The minimum atomic E-state index is -0.533. The molecule has 22 heavy (non-hydrogen) atoms. The molecule has 0 spiro atoms. The maximum Gasteiger partial charge on any atom is 0.442 e. The van der Waals surface area contributed by atoms with Crippen LogP contribution in [0.3, 0.4) is 0 Å². The second-order valence-corrected chi connectivity index (χ2v) is 4.58. The number of hydrogen-bond acceptors (Lipinski definition) is 5. The standard InChI is InChI=1S/C16H13NO5/c1-20-12-9-8-11-13(10-6-4-3-5-7-10)16(17(18)19)22-14(11)15(12)21-2/h3-9H,1-2H3. The Morgan fingerprint density at radius 1 is 1.05 bits per heavy atom. The Kier molecular flexibility index (Phi) is 3.42. The summed E-state index contributed by atoms with van der Waals surface area (Å²) in [6.07, 6.45) is 0. The number of methoxy groups -OCH3 is 2. The first kappa shape index (κ1) is 13.9. The maximum absolute atomic E-state index is 11.4. The van der Waals surface area contributed by atoms with E-state index in [0.29, 0.717) is 33.6 Å². The van der Waals surface area contributed by atoms with Crippen LogP contribution in [0.5, 0.6) is 11.5 Å². The molecule has 0 radical (unpaired) electrons. The van der Waals surface area contributed by atoms with Crippen molar-refractivity contribution in [2.75, 3.05) is 14.2 Å². The Balaban J connectivity index is 2.40. The first-order chi connectivity index (χ1) is 10.7. The van der Waals surface area contributed by atoms with Crippen molar-refractivity contribution in [2.45, 2.75) is 0 Å². The zero-order valence-corrected chi connectivity index (χ0v) is 12.0. The summed E-state index contributed by atoms with van der Waals surface area (Å²) in [7, 11) is 2.97. The number of fused-ring (bicyclic) bond motifs is 1. The van der Waals surface area contributed by atoms with Gasteiger partial charge in [-0.15, -0.1) is 0 Å². The average Bonchev–Trinajstić information content (AvgIpc) is 2.94. The Morgan fingerprint density at radius 3 is 2.36 bits per heavy atom. The van der Waals surface area contributed by atoms with Crippen LogP contribution in [0.15, 0.2) is 46.9 Å². The van der Waals surface area contributed by atoms with Crippen LogP contribution in [-0.2, 0) is 0 Å². The SMILES string of the molecule is COc1ccc2c(-c3ccccc3)c([N+](=O)[O-])oc2c1OC. The first-order valence-electron chi connectivity index (χ1n) is 6.54. The van der Waals surface area contributed by atoms with E-state index >= 15 is 0 Å². The Labute approximate surface area is 126 Å². The lowest BCUT2D eigenvalue weighted by Gasteiger charge is -2.06. The number of benzene rings is 2. The van der Waals surface area contributed by atoms with E-state index in [0.717, 1.165) is 0 Å². The molecule has 0 N–H and O–H groups in total. The molecule has 0 amide bonds. The third-order valence-corrected chi connectivity index (χ3v) is 3.41. The van der Waals surface area contributed by atoms with E-state index in [2.05, 4.69) is 0 Å². The van der Waals surface area contributed by atoms with Gasteiger partial charge < -0.3 is 13.9 Å². The van der Waals surface area contributed by atoms with Gasteiger partial charge in [0.25, 0.3) is 0 Å². The maximum atomic E-state index is 11.4. The fourth-order valence-corrected chi connectivity index (χ4v) is 2.47. The van der Waals surface area contributed by atoms with Gasteiger partial charge in [-0.1, -0.05) is 30.3 Å². The number of nitro groups is 1. The second kappa shape index (κ2) is 5.40. The lowest BCUT2D eigenvalue weighted by Crippen LogP contribution is -1.90. The predicted molar refractivity (Wildman–Crippen MR) is 81.4 cm³/mol. The van der Waals surface area contributed by atoms with Gasteiger partial charge in [-0.25, -0.2) is 0 Å². The van der Waals surface area contributed by atoms with E-state index < -0.39 is 4.92 Å². The largest absolute Gasteiger partial charge is 0.493 e. The van der Waals surface area contributed by atoms with Crippen molar-refractivity contribution in [1.82, 2.24) is 0 Å². The molecule has 0 aliphatic heterocycles. The van der Waals surface area contributed by atoms with Crippen molar-refractivity contribution >= 4 is 16.9 Å². The third-order valence-electron chi connectivity index (χ3n) is 3.41. The summed E-state index contributed by atoms with van der Waals surface area (Å²) < 4.78 is 16.0. The molecule has 0 aliphatic carbocycles. The van der Waals surface area contributed by atoms with Crippen molar-refractivity contribution < 1.29 is 18.8 Å². The summed E-state index contributed by atoms with van der Waals surface area (Å²) >= 11 is 0. The topological polar surface area (TPSA) is 74.7 Å². The summed E-state index contributed by atoms with van der Waals surface area (Å²) in [5.41, 5.74) is 1.44. The minimum Gasteiger partial charge on any atom is -0.493 e. The predicted octanol–water partition coefficient (Wildman–Crippen LogP) is 4.03. The molecular formula is C16H13NO5. The second-order valence-electron chi connectivity index (χ2n) is 4.58. The molecule has 1 aromatic heterocycles. The number of hydrogen-bond donors (Lipinski definition) is 0. The molecule has 6 heteroatoms. The van der Waals surface area contributed by atoms with Crippen LogP contribution in [0.4, 0.5) is 5.88 Å². The first-order valence-corrected chi connectivity index (χ1v) is 6.54. The van der Waals surface area contributed by atoms with Crippen molar-refractivity contribution in [3.8, 4) is 22.6 Å². The monoisotopic (exact) mass is 299 g/mol. The highest BCUT2D eigenvalue weighted by Crippen LogP contribution is 2.46. The molecule has 0 bridgehead atoms. The van der Waals surface area contributed by atoms with Crippen LogP contribution in [-0.4, -0.2) is 19.1 Å². The lowest BCUT2D eigenvalue weighted by molar-refractivity contribution is -0.400. The molecule has 6 nitrogen and oxygen atoms in total. The van der Waals surface area contributed by atoms with E-state index in [9.17, 15) is 10.1 Å². The van der Waals surface area contributed by atoms with Gasteiger partial charge in [-0.05, 0) is 17.7 Å². The van der Waals surface area contributed by atoms with Crippen molar-refractivity contribution in [1.29, 1.82) is 0 Å². The number of rotatable bonds is 4. The molecule has 1 heterocycles. The van der Waals surface area contributed by atoms with Crippen LogP contribution < -0.4 is 9.47 Å². The molecule has 0 aliphatic rings. The van der Waals surface area contributed by atoms with Gasteiger partial charge in [-0.3, -0.25) is 10.1 Å². The molecule has 0 saturated carbocycles. The molecule has 0 unspecified atom stereocenters. The minimum absolute atomic E-state index is 0.299. The molecule has 112 valence electrons. The third kappa shape index (κ3) is 2.05. The highest BCUT2D eigenvalue weighted by molar-refractivity contribution is 6.02. The zero-order chi connectivity index (χ0) is 15.7. The van der Waals surface area contributed by atoms with E-state index in [1.165, 1.54) is 14.2 Å². The average molecular weight is 299 g/mol. The van der Waals surface area contributed by atoms with Gasteiger partial charge in [-0.2, -0.15) is 0 Å². The number of furan rings is 1. The quantitative estimate of drug-likeness (QED) is 0.537. The van der Waals surface area contributed by atoms with Gasteiger partial charge in [0, 0.05) is 5.39 Å². The van der Waals surface area contributed by atoms with Crippen LogP contribution in [0.1, 0.15) is 0 Å². The molecule has 0 fully saturated rings. The van der Waals surface area contributed by atoms with Crippen LogP contribution in [0.25, 0.3) is 22.1 Å². The molecule has 3 aromatic rings. The molecule has 0 saturated heterocycles. The smallest absolute Gasteiger partial charge is 0.442 e. The summed E-state index contributed by atoms with van der Waals surface area (Å²) in [4.78, 5) is 10.8. The Morgan fingerprint density at radius 2 is 1.77 bits per heavy atom. The highest BCUT2D eigenvalue weighted by atomic mass is 16.6. The molecule has 3 rings (SSSR count). The molecular weight excluding hydrogens is 286 g/mol. The Hall–Kier alpha value is -3.02. The number of nitrogens with zero attached hydrogens (tertiary/aromatic N) is 1. The van der Waals surface area contributed by atoms with Crippen molar-refractivity contribution in [3.05, 3.63) is 52.6 Å². The fraction of sp³-hybridized carbons (Fsp3) is 0.125. The molecule has 0 atom stereocenters. The fourth-order valence-electron chi connectivity index (χ4n) is 2.47. The van der Waals surface area contributed by atoms with Crippen molar-refractivity contribution in [2.24, 2.45) is 0 Å². The van der Waals surface area contributed by atoms with E-state index in [-0.39, 0.29) is 5.88 Å². The normalized spacial score (nSPS) is 10.6. The summed E-state index contributed by atoms with van der Waals surface area (Å²) in [5, 5.41) is 12.0. The number of ether oxygens (including phenoxy) is 2. The zero-order valence-electron chi connectivity index (χ0n) is 12.0. The lowest BCUT2D eigenvalue weighted by atomic mass is 10.0. The van der Waals surface area contributed by atoms with Gasteiger partial charge in [0.2, 0.25) is 5.75 Å². The van der Waals surface area contributed by atoms with Crippen LogP contribution in [0, 0.1) is 10.1 Å². The van der Waals surface area contributed by atoms with Crippen molar-refractivity contribution in [3.63, 3.8) is 0 Å². The van der Waals surface area contributed by atoms with Gasteiger partial charge in [0.15, 0.2) is 11.3 Å². The summed E-state index contributed by atoms with van der Waals surface area (Å²) in [6, 6.07) is 12.5. The van der Waals surface area contributed by atoms with Crippen LogP contribution in [0.2, 0.25) is 0 Å².